The van der Waals surface area contributed by atoms with Crippen molar-refractivity contribution in [1.29, 1.82) is 0 Å². The van der Waals surface area contributed by atoms with Crippen LogP contribution >= 0.6 is 23.4 Å². The first-order chi connectivity index (χ1) is 12.5. The van der Waals surface area contributed by atoms with Crippen molar-refractivity contribution in [3.8, 4) is 5.69 Å². The van der Waals surface area contributed by atoms with Crippen LogP contribution in [0.1, 0.15) is 18.1 Å². The molecule has 3 rings (SSSR count). The van der Waals surface area contributed by atoms with E-state index in [-0.39, 0.29) is 5.91 Å². The first kappa shape index (κ1) is 18.4. The molecule has 134 valence electrons. The average Bonchev–Trinajstić information content (AvgIpc) is 3.07. The van der Waals surface area contributed by atoms with E-state index in [4.69, 9.17) is 11.6 Å². The lowest BCUT2D eigenvalue weighted by molar-refractivity contribution is -0.115. The summed E-state index contributed by atoms with van der Waals surface area (Å²) in [6.07, 6.45) is 0. The fourth-order valence-electron chi connectivity index (χ4n) is 2.28. The summed E-state index contributed by atoms with van der Waals surface area (Å²) < 4.78 is 1.64. The maximum Gasteiger partial charge on any atom is 0.237 e. The van der Waals surface area contributed by atoms with Crippen molar-refractivity contribution in [2.45, 2.75) is 31.2 Å². The summed E-state index contributed by atoms with van der Waals surface area (Å²) in [7, 11) is 0. The molecule has 0 spiro atoms. The number of amides is 1. The topological polar surface area (TPSA) is 72.7 Å². The number of nitrogens with zero attached hydrogens (tertiary/aromatic N) is 4. The highest BCUT2D eigenvalue weighted by Gasteiger charge is 2.20. The van der Waals surface area contributed by atoms with Crippen molar-refractivity contribution in [3.63, 3.8) is 0 Å². The minimum atomic E-state index is -0.400. The molecular weight excluding hydrogens is 370 g/mol. The van der Waals surface area contributed by atoms with Crippen LogP contribution in [0.4, 0.5) is 5.69 Å². The van der Waals surface area contributed by atoms with Gasteiger partial charge in [0.25, 0.3) is 0 Å². The van der Waals surface area contributed by atoms with E-state index < -0.39 is 5.25 Å². The van der Waals surface area contributed by atoms with E-state index >= 15 is 0 Å². The normalized spacial score (nSPS) is 12.0. The van der Waals surface area contributed by atoms with Crippen molar-refractivity contribution in [2.75, 3.05) is 5.32 Å². The van der Waals surface area contributed by atoms with E-state index in [9.17, 15) is 4.79 Å². The zero-order chi connectivity index (χ0) is 18.7. The molecule has 0 aliphatic carbocycles. The lowest BCUT2D eigenvalue weighted by atomic mass is 10.1. The molecule has 1 atom stereocenters. The lowest BCUT2D eigenvalue weighted by Crippen LogP contribution is -2.23. The Morgan fingerprint density at radius 3 is 2.69 bits per heavy atom. The van der Waals surface area contributed by atoms with Gasteiger partial charge in [0, 0.05) is 0 Å². The number of tetrazole rings is 1. The zero-order valence-corrected chi connectivity index (χ0v) is 16.2. The number of hydrogen-bond donors (Lipinski definition) is 1. The third-order valence-corrected chi connectivity index (χ3v) is 5.32. The molecule has 6 nitrogen and oxygen atoms in total. The van der Waals surface area contributed by atoms with Crippen molar-refractivity contribution in [3.05, 3.63) is 58.6 Å². The molecule has 26 heavy (non-hydrogen) atoms. The van der Waals surface area contributed by atoms with Crippen molar-refractivity contribution >= 4 is 35.0 Å². The molecule has 2 aromatic carbocycles. The number of thioether (sulfide) groups is 1. The Balaban J connectivity index is 1.75. The molecule has 0 fully saturated rings. The molecule has 1 N–H and O–H groups in total. The molecular formula is C18H18ClN5OS. The number of carbonyl (C=O) groups excluding carboxylic acids is 1. The van der Waals surface area contributed by atoms with Crippen LogP contribution in [-0.4, -0.2) is 31.4 Å². The second-order valence-corrected chi connectivity index (χ2v) is 7.59. The summed E-state index contributed by atoms with van der Waals surface area (Å²) in [5.74, 6) is -0.169. The minimum Gasteiger partial charge on any atom is -0.324 e. The van der Waals surface area contributed by atoms with E-state index in [0.717, 1.165) is 11.3 Å². The first-order valence-corrected chi connectivity index (χ1v) is 9.29. The smallest absolute Gasteiger partial charge is 0.237 e. The van der Waals surface area contributed by atoms with Gasteiger partial charge in [0.05, 0.1) is 21.6 Å². The van der Waals surface area contributed by atoms with Gasteiger partial charge in [0.2, 0.25) is 11.1 Å². The van der Waals surface area contributed by atoms with Crippen LogP contribution in [0.15, 0.2) is 47.6 Å². The van der Waals surface area contributed by atoms with Gasteiger partial charge in [-0.15, -0.1) is 5.10 Å². The Hall–Kier alpha value is -2.38. The summed E-state index contributed by atoms with van der Waals surface area (Å²) in [5, 5.41) is 15.3. The van der Waals surface area contributed by atoms with Gasteiger partial charge in [-0.2, -0.15) is 4.68 Å². The van der Waals surface area contributed by atoms with Crippen LogP contribution in [0.25, 0.3) is 5.69 Å². The van der Waals surface area contributed by atoms with Gasteiger partial charge >= 0.3 is 0 Å². The van der Waals surface area contributed by atoms with Crippen LogP contribution in [0.5, 0.6) is 0 Å². The lowest BCUT2D eigenvalue weighted by Gasteiger charge is -2.13. The van der Waals surface area contributed by atoms with Crippen molar-refractivity contribution in [2.24, 2.45) is 0 Å². The largest absolute Gasteiger partial charge is 0.324 e. The molecule has 0 aliphatic heterocycles. The summed E-state index contributed by atoms with van der Waals surface area (Å²) in [5.41, 5.74) is 3.79. The zero-order valence-electron chi connectivity index (χ0n) is 14.6. The highest BCUT2D eigenvalue weighted by atomic mass is 35.5. The van der Waals surface area contributed by atoms with Gasteiger partial charge in [0.15, 0.2) is 0 Å². The Morgan fingerprint density at radius 2 is 1.96 bits per heavy atom. The highest BCUT2D eigenvalue weighted by Crippen LogP contribution is 2.26. The predicted octanol–water partition coefficient (Wildman–Crippen LogP) is 4.05. The fourth-order valence-corrected chi connectivity index (χ4v) is 3.27. The second kappa shape index (κ2) is 7.88. The van der Waals surface area contributed by atoms with Crippen LogP contribution in [0.3, 0.4) is 0 Å². The molecule has 0 radical (unpaired) electrons. The van der Waals surface area contributed by atoms with Gasteiger partial charge in [-0.05, 0) is 66.6 Å². The molecule has 0 unspecified atom stereocenters. The SMILES string of the molecule is Cc1ccc(-n2nnnc2S[C@@H](C)C(=O)Nc2ccccc2Cl)cc1C. The third kappa shape index (κ3) is 4.05. The summed E-state index contributed by atoms with van der Waals surface area (Å²) >= 11 is 7.38. The van der Waals surface area contributed by atoms with Crippen LogP contribution in [0, 0.1) is 13.8 Å². The Bertz CT molecular complexity index is 943. The molecule has 0 saturated heterocycles. The Labute approximate surface area is 160 Å². The van der Waals surface area contributed by atoms with Gasteiger partial charge in [-0.25, -0.2) is 0 Å². The number of halogens is 1. The van der Waals surface area contributed by atoms with Crippen molar-refractivity contribution < 1.29 is 4.79 Å². The number of aryl methyl sites for hydroxylation is 2. The van der Waals surface area contributed by atoms with Crippen molar-refractivity contribution in [1.82, 2.24) is 20.2 Å². The van der Waals surface area contributed by atoms with E-state index in [0.29, 0.717) is 15.9 Å². The number of anilines is 1. The Kier molecular flexibility index (Phi) is 5.58. The summed E-state index contributed by atoms with van der Waals surface area (Å²) in [6.45, 7) is 5.89. The number of hydrogen-bond acceptors (Lipinski definition) is 5. The van der Waals surface area contributed by atoms with E-state index in [1.165, 1.54) is 17.3 Å². The fraction of sp³-hybridized carbons (Fsp3) is 0.222. The molecule has 1 heterocycles. The molecule has 8 heteroatoms. The van der Waals surface area contributed by atoms with Gasteiger partial charge < -0.3 is 5.32 Å². The molecule has 1 aromatic heterocycles. The molecule has 0 bridgehead atoms. The quantitative estimate of drug-likeness (QED) is 0.668. The molecule has 0 aliphatic rings. The van der Waals surface area contributed by atoms with Gasteiger partial charge in [-0.3, -0.25) is 4.79 Å². The maximum absolute atomic E-state index is 12.5. The maximum atomic E-state index is 12.5. The number of nitrogens with one attached hydrogen (secondary N) is 1. The van der Waals surface area contributed by atoms with E-state index in [1.807, 2.05) is 37.3 Å². The number of para-hydroxylation sites is 1. The monoisotopic (exact) mass is 387 g/mol. The van der Waals surface area contributed by atoms with Crippen LogP contribution in [-0.2, 0) is 4.79 Å². The summed E-state index contributed by atoms with van der Waals surface area (Å²) in [6, 6.07) is 13.1. The first-order valence-electron chi connectivity index (χ1n) is 8.04. The number of rotatable bonds is 5. The van der Waals surface area contributed by atoms with E-state index in [2.05, 4.69) is 27.8 Å². The molecule has 1 amide bonds. The number of carbonyl (C=O) groups is 1. The van der Waals surface area contributed by atoms with Crippen LogP contribution in [0.2, 0.25) is 5.02 Å². The van der Waals surface area contributed by atoms with E-state index in [1.54, 1.807) is 23.7 Å². The highest BCUT2D eigenvalue weighted by molar-refractivity contribution is 8.00. The predicted molar refractivity (Wildman–Crippen MR) is 104 cm³/mol. The average molecular weight is 388 g/mol. The second-order valence-electron chi connectivity index (χ2n) is 5.87. The Morgan fingerprint density at radius 1 is 1.19 bits per heavy atom. The minimum absolute atomic E-state index is 0.169. The van der Waals surface area contributed by atoms with Gasteiger partial charge in [0.1, 0.15) is 0 Å². The molecule has 3 aromatic rings. The standard InChI is InChI=1S/C18H18ClN5OS/c1-11-8-9-14(10-12(11)2)24-18(21-22-23-24)26-13(3)17(25)20-16-7-5-4-6-15(16)19/h4-10,13H,1-3H3,(H,20,25)/t13-/m0/s1. The van der Waals surface area contributed by atoms with Crippen LogP contribution < -0.4 is 5.32 Å². The van der Waals surface area contributed by atoms with Gasteiger partial charge in [-0.1, -0.05) is 41.6 Å². The number of aromatic nitrogens is 4. The number of benzene rings is 2. The molecule has 0 saturated carbocycles. The summed E-state index contributed by atoms with van der Waals surface area (Å²) in [4.78, 5) is 12.5. The third-order valence-electron chi connectivity index (χ3n) is 3.96.